The van der Waals surface area contributed by atoms with Crippen molar-refractivity contribution in [2.75, 3.05) is 10.8 Å². The van der Waals surface area contributed by atoms with Gasteiger partial charge in [0.1, 0.15) is 6.33 Å². The van der Waals surface area contributed by atoms with E-state index in [1.54, 1.807) is 54.9 Å². The topological polar surface area (TPSA) is 68.1 Å². The van der Waals surface area contributed by atoms with Crippen LogP contribution in [0.3, 0.4) is 0 Å². The predicted octanol–water partition coefficient (Wildman–Crippen LogP) is 5.17. The lowest BCUT2D eigenvalue weighted by molar-refractivity contribution is 0.588. The van der Waals surface area contributed by atoms with Gasteiger partial charge in [0.2, 0.25) is 0 Å². The Bertz CT molecular complexity index is 1070. The van der Waals surface area contributed by atoms with Gasteiger partial charge in [-0.25, -0.2) is 8.42 Å². The Labute approximate surface area is 177 Å². The second kappa shape index (κ2) is 8.97. The van der Waals surface area contributed by atoms with E-state index in [1.807, 2.05) is 25.3 Å². The molecule has 0 spiro atoms. The van der Waals surface area contributed by atoms with Crippen LogP contribution in [0, 0.1) is 0 Å². The van der Waals surface area contributed by atoms with Crippen molar-refractivity contribution in [1.29, 1.82) is 0 Å². The SMILES string of the molecule is CCCCN(c1cc(Cl)ccc1-c1nncn1C(C)C)S(=O)(=O)c1ccccc1. The molecule has 0 aliphatic carbocycles. The average molecular weight is 433 g/mol. The molecule has 3 rings (SSSR count). The molecule has 8 heteroatoms. The summed E-state index contributed by atoms with van der Waals surface area (Å²) in [5.74, 6) is 0.608. The van der Waals surface area contributed by atoms with Crippen molar-refractivity contribution in [3.8, 4) is 11.4 Å². The first kappa shape index (κ1) is 21.3. The molecule has 0 unspecified atom stereocenters. The van der Waals surface area contributed by atoms with Crippen LogP contribution in [0.25, 0.3) is 11.4 Å². The minimum absolute atomic E-state index is 0.123. The Balaban J connectivity index is 2.21. The standard InChI is InChI=1S/C21H25ClN4O2S/c1-4-5-13-26(29(27,28)18-9-7-6-8-10-18)20-14-17(22)11-12-19(20)21-24-23-15-25(21)16(2)3/h6-12,14-16H,4-5,13H2,1-3H3. The van der Waals surface area contributed by atoms with Crippen LogP contribution < -0.4 is 4.31 Å². The Morgan fingerprint density at radius 3 is 2.52 bits per heavy atom. The number of unbranched alkanes of at least 4 members (excludes halogenated alkanes) is 1. The smallest absolute Gasteiger partial charge is 0.264 e. The number of benzene rings is 2. The molecule has 0 radical (unpaired) electrons. The summed E-state index contributed by atoms with van der Waals surface area (Å²) >= 11 is 6.29. The van der Waals surface area contributed by atoms with Crippen LogP contribution in [-0.2, 0) is 10.0 Å². The number of sulfonamides is 1. The molecule has 0 saturated heterocycles. The quantitative estimate of drug-likeness (QED) is 0.492. The molecule has 0 saturated carbocycles. The van der Waals surface area contributed by atoms with Crippen LogP contribution >= 0.6 is 11.6 Å². The Morgan fingerprint density at radius 1 is 1.14 bits per heavy atom. The molecule has 0 atom stereocenters. The Hall–Kier alpha value is -2.38. The molecule has 0 fully saturated rings. The van der Waals surface area contributed by atoms with Crippen LogP contribution in [0.15, 0.2) is 59.8 Å². The highest BCUT2D eigenvalue weighted by Crippen LogP contribution is 2.36. The second-order valence-electron chi connectivity index (χ2n) is 7.06. The van der Waals surface area contributed by atoms with Gasteiger partial charge in [-0.15, -0.1) is 10.2 Å². The molecule has 0 bridgehead atoms. The third-order valence-corrected chi connectivity index (χ3v) is 6.71. The highest BCUT2D eigenvalue weighted by Gasteiger charge is 2.28. The highest BCUT2D eigenvalue weighted by molar-refractivity contribution is 7.92. The minimum Gasteiger partial charge on any atom is -0.311 e. The second-order valence-corrected chi connectivity index (χ2v) is 9.36. The van der Waals surface area contributed by atoms with Crippen molar-refractivity contribution >= 4 is 27.3 Å². The lowest BCUT2D eigenvalue weighted by Gasteiger charge is -2.27. The molecule has 6 nitrogen and oxygen atoms in total. The van der Waals surface area contributed by atoms with Crippen LogP contribution in [0.2, 0.25) is 5.02 Å². The fraction of sp³-hybridized carbons (Fsp3) is 0.333. The molecule has 0 aliphatic rings. The van der Waals surface area contributed by atoms with Crippen LogP contribution in [0.5, 0.6) is 0 Å². The summed E-state index contributed by atoms with van der Waals surface area (Å²) in [6, 6.07) is 13.8. The third-order valence-electron chi connectivity index (χ3n) is 4.64. The lowest BCUT2D eigenvalue weighted by Crippen LogP contribution is -2.32. The van der Waals surface area contributed by atoms with E-state index in [0.29, 0.717) is 28.6 Å². The molecule has 3 aromatic rings. The summed E-state index contributed by atoms with van der Waals surface area (Å²) in [5, 5.41) is 8.76. The summed E-state index contributed by atoms with van der Waals surface area (Å²) < 4.78 is 30.4. The van der Waals surface area contributed by atoms with Gasteiger partial charge in [0.05, 0.1) is 10.6 Å². The van der Waals surface area contributed by atoms with Crippen molar-refractivity contribution < 1.29 is 8.42 Å². The molecule has 1 aromatic heterocycles. The van der Waals surface area contributed by atoms with Crippen molar-refractivity contribution in [3.63, 3.8) is 0 Å². The van der Waals surface area contributed by atoms with E-state index in [2.05, 4.69) is 10.2 Å². The van der Waals surface area contributed by atoms with Crippen LogP contribution in [0.1, 0.15) is 39.7 Å². The predicted molar refractivity (Wildman–Crippen MR) is 117 cm³/mol. The molecule has 0 aliphatic heterocycles. The number of rotatable bonds is 8. The summed E-state index contributed by atoms with van der Waals surface area (Å²) in [7, 11) is -3.77. The van der Waals surface area contributed by atoms with E-state index in [-0.39, 0.29) is 10.9 Å². The average Bonchev–Trinajstić information content (AvgIpc) is 3.19. The molecule has 2 aromatic carbocycles. The number of hydrogen-bond donors (Lipinski definition) is 0. The summed E-state index contributed by atoms with van der Waals surface area (Å²) in [6.07, 6.45) is 3.23. The van der Waals surface area contributed by atoms with Gasteiger partial charge in [-0.1, -0.05) is 43.1 Å². The number of aromatic nitrogens is 3. The fourth-order valence-corrected chi connectivity index (χ4v) is 4.81. The van der Waals surface area contributed by atoms with Gasteiger partial charge >= 0.3 is 0 Å². The van der Waals surface area contributed by atoms with E-state index in [4.69, 9.17) is 11.6 Å². The van der Waals surface area contributed by atoms with E-state index < -0.39 is 10.0 Å². The summed E-state index contributed by atoms with van der Waals surface area (Å²) in [4.78, 5) is 0.243. The molecule has 0 amide bonds. The fourth-order valence-electron chi connectivity index (χ4n) is 3.11. The summed E-state index contributed by atoms with van der Waals surface area (Å²) in [5.41, 5.74) is 1.18. The first-order valence-corrected chi connectivity index (χ1v) is 11.4. The minimum atomic E-state index is -3.77. The lowest BCUT2D eigenvalue weighted by atomic mass is 10.1. The monoisotopic (exact) mass is 432 g/mol. The van der Waals surface area contributed by atoms with Gasteiger partial charge in [0, 0.05) is 23.2 Å². The van der Waals surface area contributed by atoms with E-state index in [9.17, 15) is 8.42 Å². The Kier molecular flexibility index (Phi) is 6.59. The van der Waals surface area contributed by atoms with Crippen LogP contribution in [-0.4, -0.2) is 29.7 Å². The van der Waals surface area contributed by atoms with Crippen LogP contribution in [0.4, 0.5) is 5.69 Å². The largest absolute Gasteiger partial charge is 0.311 e. The van der Waals surface area contributed by atoms with Crippen molar-refractivity contribution in [3.05, 3.63) is 59.9 Å². The number of nitrogens with zero attached hydrogens (tertiary/aromatic N) is 4. The number of halogens is 1. The van der Waals surface area contributed by atoms with E-state index in [1.165, 1.54) is 4.31 Å². The van der Waals surface area contributed by atoms with Crippen molar-refractivity contribution in [2.45, 2.75) is 44.6 Å². The molecule has 29 heavy (non-hydrogen) atoms. The normalized spacial score (nSPS) is 11.8. The number of anilines is 1. The van der Waals surface area contributed by atoms with Gasteiger partial charge in [-0.3, -0.25) is 4.31 Å². The van der Waals surface area contributed by atoms with Gasteiger partial charge in [-0.2, -0.15) is 0 Å². The maximum absolute atomic E-state index is 13.5. The van der Waals surface area contributed by atoms with Gasteiger partial charge in [0.15, 0.2) is 5.82 Å². The zero-order valence-corrected chi connectivity index (χ0v) is 18.4. The first-order chi connectivity index (χ1) is 13.9. The molecular weight excluding hydrogens is 408 g/mol. The van der Waals surface area contributed by atoms with Gasteiger partial charge in [-0.05, 0) is 50.6 Å². The third kappa shape index (κ3) is 4.46. The van der Waals surface area contributed by atoms with Gasteiger partial charge in [0.25, 0.3) is 10.0 Å². The molecule has 154 valence electrons. The zero-order valence-electron chi connectivity index (χ0n) is 16.8. The summed E-state index contributed by atoms with van der Waals surface area (Å²) in [6.45, 7) is 6.43. The highest BCUT2D eigenvalue weighted by atomic mass is 35.5. The zero-order chi connectivity index (χ0) is 21.0. The maximum Gasteiger partial charge on any atom is 0.264 e. The maximum atomic E-state index is 13.5. The Morgan fingerprint density at radius 2 is 1.86 bits per heavy atom. The number of hydrogen-bond acceptors (Lipinski definition) is 4. The van der Waals surface area contributed by atoms with E-state index in [0.717, 1.165) is 12.8 Å². The van der Waals surface area contributed by atoms with Gasteiger partial charge < -0.3 is 4.57 Å². The van der Waals surface area contributed by atoms with Crippen molar-refractivity contribution in [1.82, 2.24) is 14.8 Å². The molecule has 0 N–H and O–H groups in total. The molecular formula is C21H25ClN4O2S. The molecule has 1 heterocycles. The van der Waals surface area contributed by atoms with E-state index >= 15 is 0 Å². The first-order valence-electron chi connectivity index (χ1n) is 9.63. The van der Waals surface area contributed by atoms with Crippen molar-refractivity contribution in [2.24, 2.45) is 0 Å².